The standard InChI is InChI=1S/C23H29N3OS4/c1-4-28-19-15-16(3)24-22(29-5-2)21(19)26-20(27)13-7-6-10-14-30-23-25-17-11-8-9-12-18(17)31-23/h8-9,11-12,15H,4-7,10,13-14H2,1-3H3,(H,26,27). The second kappa shape index (κ2) is 12.7. The molecule has 8 heteroatoms. The Morgan fingerprint density at radius 2 is 1.84 bits per heavy atom. The Kier molecular flexibility index (Phi) is 10.0. The SMILES string of the molecule is CCSc1cc(C)nc(SCC)c1NC(=O)CCCCCSc1nc2ccccc2s1. The summed E-state index contributed by atoms with van der Waals surface area (Å²) in [5.74, 6) is 3.02. The van der Waals surface area contributed by atoms with Gasteiger partial charge in [0.25, 0.3) is 0 Å². The molecular weight excluding hydrogens is 463 g/mol. The predicted molar refractivity (Wildman–Crippen MR) is 139 cm³/mol. The molecular formula is C23H29N3OS4. The summed E-state index contributed by atoms with van der Waals surface area (Å²) in [5.41, 5.74) is 2.97. The highest BCUT2D eigenvalue weighted by Gasteiger charge is 2.15. The van der Waals surface area contributed by atoms with E-state index in [9.17, 15) is 4.79 Å². The van der Waals surface area contributed by atoms with E-state index >= 15 is 0 Å². The molecule has 0 aliphatic heterocycles. The van der Waals surface area contributed by atoms with Crippen LogP contribution in [0.3, 0.4) is 0 Å². The van der Waals surface area contributed by atoms with Crippen LogP contribution in [0.25, 0.3) is 10.2 Å². The van der Waals surface area contributed by atoms with Gasteiger partial charge in [-0.1, -0.05) is 44.2 Å². The first-order chi connectivity index (χ1) is 15.1. The number of anilines is 1. The number of para-hydroxylation sites is 1. The maximum Gasteiger partial charge on any atom is 0.224 e. The lowest BCUT2D eigenvalue weighted by molar-refractivity contribution is -0.116. The first-order valence-corrected chi connectivity index (χ1v) is 14.4. The second-order valence-electron chi connectivity index (χ2n) is 6.96. The largest absolute Gasteiger partial charge is 0.323 e. The van der Waals surface area contributed by atoms with Gasteiger partial charge in [-0.15, -0.1) is 34.9 Å². The number of unbranched alkanes of at least 4 members (excludes halogenated alkanes) is 2. The summed E-state index contributed by atoms with van der Waals surface area (Å²) in [7, 11) is 0. The van der Waals surface area contributed by atoms with Crippen LogP contribution in [0.2, 0.25) is 0 Å². The molecule has 1 amide bonds. The van der Waals surface area contributed by atoms with Crippen LogP contribution in [0, 0.1) is 6.92 Å². The molecule has 0 fully saturated rings. The van der Waals surface area contributed by atoms with E-state index in [0.717, 1.165) is 67.7 Å². The van der Waals surface area contributed by atoms with Gasteiger partial charge in [0.15, 0.2) is 4.34 Å². The number of thiazole rings is 1. The van der Waals surface area contributed by atoms with Crippen molar-refractivity contribution in [2.75, 3.05) is 22.6 Å². The normalized spacial score (nSPS) is 11.2. The van der Waals surface area contributed by atoms with Gasteiger partial charge in [-0.25, -0.2) is 9.97 Å². The number of rotatable bonds is 12. The molecule has 0 saturated heterocycles. The van der Waals surface area contributed by atoms with Crippen LogP contribution < -0.4 is 5.32 Å². The number of thioether (sulfide) groups is 3. The zero-order chi connectivity index (χ0) is 22.1. The fourth-order valence-corrected chi connectivity index (χ4v) is 6.93. The van der Waals surface area contributed by atoms with E-state index in [4.69, 9.17) is 0 Å². The Labute approximate surface area is 201 Å². The number of carbonyl (C=O) groups is 1. The fraction of sp³-hybridized carbons (Fsp3) is 0.435. The van der Waals surface area contributed by atoms with Crippen molar-refractivity contribution < 1.29 is 4.79 Å². The molecule has 1 aromatic carbocycles. The van der Waals surface area contributed by atoms with Crippen molar-refractivity contribution in [3.05, 3.63) is 36.0 Å². The Bertz CT molecular complexity index is 945. The van der Waals surface area contributed by atoms with Gasteiger partial charge in [-0.2, -0.15) is 0 Å². The van der Waals surface area contributed by atoms with Crippen LogP contribution in [-0.4, -0.2) is 33.1 Å². The van der Waals surface area contributed by atoms with Gasteiger partial charge >= 0.3 is 0 Å². The zero-order valence-electron chi connectivity index (χ0n) is 18.3. The Balaban J connectivity index is 1.43. The Morgan fingerprint density at radius 1 is 1.03 bits per heavy atom. The maximum atomic E-state index is 12.6. The van der Waals surface area contributed by atoms with Crippen LogP contribution in [0.4, 0.5) is 5.69 Å². The quantitative estimate of drug-likeness (QED) is 0.209. The van der Waals surface area contributed by atoms with Gasteiger partial charge in [0.2, 0.25) is 5.91 Å². The van der Waals surface area contributed by atoms with Crippen molar-refractivity contribution in [2.45, 2.75) is 60.7 Å². The van der Waals surface area contributed by atoms with Gasteiger partial charge in [0.1, 0.15) is 5.03 Å². The second-order valence-corrected chi connectivity index (χ2v) is 11.9. The van der Waals surface area contributed by atoms with E-state index in [-0.39, 0.29) is 5.91 Å². The molecule has 0 atom stereocenters. The van der Waals surface area contributed by atoms with Gasteiger partial charge in [0.05, 0.1) is 15.9 Å². The van der Waals surface area contributed by atoms with E-state index < -0.39 is 0 Å². The molecule has 3 rings (SSSR count). The number of aromatic nitrogens is 2. The molecule has 166 valence electrons. The number of benzene rings is 1. The molecule has 2 aromatic heterocycles. The lowest BCUT2D eigenvalue weighted by atomic mass is 10.2. The van der Waals surface area contributed by atoms with Crippen LogP contribution in [0.5, 0.6) is 0 Å². The zero-order valence-corrected chi connectivity index (χ0v) is 21.5. The minimum atomic E-state index is 0.0837. The third-order valence-electron chi connectivity index (χ3n) is 4.47. The number of nitrogens with zero attached hydrogens (tertiary/aromatic N) is 2. The predicted octanol–water partition coefficient (Wildman–Crippen LogP) is 7.51. The topological polar surface area (TPSA) is 54.9 Å². The number of amides is 1. The highest BCUT2D eigenvalue weighted by Crippen LogP contribution is 2.35. The van der Waals surface area contributed by atoms with Crippen LogP contribution in [0.15, 0.2) is 44.6 Å². The Morgan fingerprint density at radius 3 is 2.61 bits per heavy atom. The number of hydrogen-bond donors (Lipinski definition) is 1. The van der Waals surface area contributed by atoms with Crippen molar-refractivity contribution >= 4 is 68.4 Å². The first-order valence-electron chi connectivity index (χ1n) is 10.7. The van der Waals surface area contributed by atoms with Crippen molar-refractivity contribution in [1.29, 1.82) is 0 Å². The average molecular weight is 492 g/mol. The molecule has 2 heterocycles. The summed E-state index contributed by atoms with van der Waals surface area (Å²) in [6.07, 6.45) is 3.59. The molecule has 0 unspecified atom stereocenters. The number of fused-ring (bicyclic) bond motifs is 1. The summed E-state index contributed by atoms with van der Waals surface area (Å²) in [6.45, 7) is 6.25. The third kappa shape index (κ3) is 7.41. The van der Waals surface area contributed by atoms with E-state index in [0.29, 0.717) is 6.42 Å². The highest BCUT2D eigenvalue weighted by atomic mass is 32.2. The van der Waals surface area contributed by atoms with Crippen molar-refractivity contribution in [1.82, 2.24) is 9.97 Å². The number of pyridine rings is 1. The molecule has 0 saturated carbocycles. The van der Waals surface area contributed by atoms with Gasteiger partial charge in [-0.3, -0.25) is 4.79 Å². The van der Waals surface area contributed by atoms with Crippen LogP contribution >= 0.6 is 46.6 Å². The summed E-state index contributed by atoms with van der Waals surface area (Å²) < 4.78 is 2.38. The molecule has 4 nitrogen and oxygen atoms in total. The molecule has 0 aliphatic rings. The minimum Gasteiger partial charge on any atom is -0.323 e. The summed E-state index contributed by atoms with van der Waals surface area (Å²) in [6, 6.07) is 10.3. The van der Waals surface area contributed by atoms with Crippen molar-refractivity contribution in [2.24, 2.45) is 0 Å². The molecule has 0 aliphatic carbocycles. The minimum absolute atomic E-state index is 0.0837. The average Bonchev–Trinajstić information content (AvgIpc) is 3.16. The number of carbonyl (C=O) groups excluding carboxylic acids is 1. The number of hydrogen-bond acceptors (Lipinski definition) is 7. The Hall–Kier alpha value is -1.22. The smallest absolute Gasteiger partial charge is 0.224 e. The summed E-state index contributed by atoms with van der Waals surface area (Å²) >= 11 is 7.02. The van der Waals surface area contributed by atoms with Crippen LogP contribution in [0.1, 0.15) is 45.2 Å². The molecule has 31 heavy (non-hydrogen) atoms. The lowest BCUT2D eigenvalue weighted by Crippen LogP contribution is -2.13. The van der Waals surface area contributed by atoms with Crippen molar-refractivity contribution in [3.8, 4) is 0 Å². The van der Waals surface area contributed by atoms with E-state index in [1.165, 1.54) is 4.70 Å². The molecule has 0 bridgehead atoms. The van der Waals surface area contributed by atoms with E-state index in [2.05, 4.69) is 53.4 Å². The lowest BCUT2D eigenvalue weighted by Gasteiger charge is -2.15. The fourth-order valence-electron chi connectivity index (χ4n) is 3.08. The van der Waals surface area contributed by atoms with E-state index in [1.807, 2.05) is 24.8 Å². The monoisotopic (exact) mass is 491 g/mol. The number of nitrogens with one attached hydrogen (secondary N) is 1. The molecule has 1 N–H and O–H groups in total. The maximum absolute atomic E-state index is 12.6. The first kappa shape index (κ1) is 24.4. The van der Waals surface area contributed by atoms with E-state index in [1.54, 1.807) is 34.9 Å². The van der Waals surface area contributed by atoms with Gasteiger partial charge in [-0.05, 0) is 49.5 Å². The van der Waals surface area contributed by atoms with Crippen molar-refractivity contribution in [3.63, 3.8) is 0 Å². The molecule has 3 aromatic rings. The summed E-state index contributed by atoms with van der Waals surface area (Å²) in [5, 5.41) is 4.08. The summed E-state index contributed by atoms with van der Waals surface area (Å²) in [4.78, 5) is 23.0. The highest BCUT2D eigenvalue weighted by molar-refractivity contribution is 8.01. The molecule has 0 spiro atoms. The molecule has 0 radical (unpaired) electrons. The van der Waals surface area contributed by atoms with Gasteiger partial charge < -0.3 is 5.32 Å². The van der Waals surface area contributed by atoms with Gasteiger partial charge in [0, 0.05) is 22.8 Å². The third-order valence-corrected chi connectivity index (χ3v) is 8.52. The van der Waals surface area contributed by atoms with Crippen LogP contribution in [-0.2, 0) is 4.79 Å². The number of aryl methyl sites for hydroxylation is 1.